The largest absolute Gasteiger partial charge is 0.252 e. The van der Waals surface area contributed by atoms with Crippen LogP contribution >= 0.6 is 0 Å². The van der Waals surface area contributed by atoms with E-state index in [1.54, 1.807) is 15.7 Å². The molecule has 0 atom stereocenters. The Morgan fingerprint density at radius 2 is 2.00 bits per heavy atom. The molecule has 0 unspecified atom stereocenters. The number of nitrogens with zero attached hydrogens (tertiary/aromatic N) is 7. The van der Waals surface area contributed by atoms with Gasteiger partial charge in [-0.25, -0.2) is 9.67 Å². The fourth-order valence-electron chi connectivity index (χ4n) is 1.64. The summed E-state index contributed by atoms with van der Waals surface area (Å²) in [4.78, 5) is 5.38. The second-order valence-corrected chi connectivity index (χ2v) is 3.84. The van der Waals surface area contributed by atoms with E-state index < -0.39 is 0 Å². The first-order chi connectivity index (χ1) is 9.35. The average Bonchev–Trinajstić information content (AvgIpc) is 3.09. The number of hydrogen-bond donors (Lipinski definition) is 0. The molecule has 2 heterocycles. The van der Waals surface area contributed by atoms with Gasteiger partial charge in [-0.1, -0.05) is 18.2 Å². The monoisotopic (exact) mass is 251 g/mol. The second kappa shape index (κ2) is 4.70. The molecular weight excluding hydrogens is 242 g/mol. The Hall–Kier alpha value is -3.01. The Labute approximate surface area is 108 Å². The van der Waals surface area contributed by atoms with Crippen molar-refractivity contribution < 1.29 is 0 Å². The number of rotatable bonds is 3. The van der Waals surface area contributed by atoms with Gasteiger partial charge in [-0.05, 0) is 12.1 Å². The van der Waals surface area contributed by atoms with Crippen LogP contribution in [0.25, 0.3) is 5.69 Å². The molecule has 1 aromatic carbocycles. The minimum Gasteiger partial charge on any atom is -0.245 e. The normalized spacial score (nSPS) is 10.3. The summed E-state index contributed by atoms with van der Waals surface area (Å²) in [5, 5.41) is 21.2. The topological polar surface area (TPSA) is 85.2 Å². The van der Waals surface area contributed by atoms with E-state index in [1.807, 2.05) is 36.4 Å². The van der Waals surface area contributed by atoms with Crippen LogP contribution in [0.1, 0.15) is 11.5 Å². The molecule has 3 aromatic rings. The third kappa shape index (κ3) is 2.32. The third-order valence-electron chi connectivity index (χ3n) is 2.49. The van der Waals surface area contributed by atoms with E-state index in [-0.39, 0.29) is 5.82 Å². The number of nitriles is 1. The summed E-state index contributed by atoms with van der Waals surface area (Å²) in [6.45, 7) is 0.432. The summed E-state index contributed by atoms with van der Waals surface area (Å²) in [6, 6.07) is 11.5. The maximum absolute atomic E-state index is 8.65. The van der Waals surface area contributed by atoms with E-state index in [9.17, 15) is 0 Å². The van der Waals surface area contributed by atoms with Crippen LogP contribution in [0.2, 0.25) is 0 Å². The Morgan fingerprint density at radius 1 is 1.16 bits per heavy atom. The molecule has 0 radical (unpaired) electrons. The molecule has 2 aromatic heterocycles. The van der Waals surface area contributed by atoms with Crippen molar-refractivity contribution in [2.45, 2.75) is 6.54 Å². The minimum absolute atomic E-state index is 0.149. The SMILES string of the molecule is N#Cc1ncn(Cc2cnn(-c3ccccc3)n2)n1. The fraction of sp³-hybridized carbons (Fsp3) is 0.0833. The zero-order chi connectivity index (χ0) is 13.1. The highest BCUT2D eigenvalue weighted by Crippen LogP contribution is 2.05. The van der Waals surface area contributed by atoms with Gasteiger partial charge in [0.05, 0.1) is 18.4 Å². The molecular formula is C12H9N7. The van der Waals surface area contributed by atoms with Crippen LogP contribution in [0.5, 0.6) is 0 Å². The highest BCUT2D eigenvalue weighted by molar-refractivity contribution is 5.28. The molecule has 0 aliphatic carbocycles. The summed E-state index contributed by atoms with van der Waals surface area (Å²) < 4.78 is 1.55. The van der Waals surface area contributed by atoms with Gasteiger partial charge in [-0.3, -0.25) is 0 Å². The smallest absolute Gasteiger partial charge is 0.245 e. The highest BCUT2D eigenvalue weighted by Gasteiger charge is 2.05. The molecule has 0 N–H and O–H groups in total. The highest BCUT2D eigenvalue weighted by atomic mass is 15.5. The molecule has 0 aliphatic rings. The van der Waals surface area contributed by atoms with Gasteiger partial charge in [-0.2, -0.15) is 20.3 Å². The van der Waals surface area contributed by atoms with E-state index >= 15 is 0 Å². The van der Waals surface area contributed by atoms with Crippen LogP contribution in [0.3, 0.4) is 0 Å². The molecule has 3 rings (SSSR count). The van der Waals surface area contributed by atoms with Crippen molar-refractivity contribution in [3.8, 4) is 11.8 Å². The Bertz CT molecular complexity index is 720. The molecule has 7 heteroatoms. The lowest BCUT2D eigenvalue weighted by molar-refractivity contribution is 0.653. The molecule has 19 heavy (non-hydrogen) atoms. The van der Waals surface area contributed by atoms with Crippen molar-refractivity contribution in [1.29, 1.82) is 5.26 Å². The lowest BCUT2D eigenvalue weighted by atomic mass is 10.3. The maximum atomic E-state index is 8.65. The van der Waals surface area contributed by atoms with E-state index in [4.69, 9.17) is 5.26 Å². The lowest BCUT2D eigenvalue weighted by Crippen LogP contribution is -2.03. The summed E-state index contributed by atoms with van der Waals surface area (Å²) in [5.74, 6) is 0.149. The fourth-order valence-corrected chi connectivity index (χ4v) is 1.64. The van der Waals surface area contributed by atoms with Crippen LogP contribution in [0.15, 0.2) is 42.9 Å². The number of para-hydroxylation sites is 1. The predicted molar refractivity (Wildman–Crippen MR) is 65.2 cm³/mol. The van der Waals surface area contributed by atoms with Crippen molar-refractivity contribution in [2.24, 2.45) is 0 Å². The molecule has 7 nitrogen and oxygen atoms in total. The first-order valence-electron chi connectivity index (χ1n) is 5.61. The quantitative estimate of drug-likeness (QED) is 0.686. The third-order valence-corrected chi connectivity index (χ3v) is 2.49. The molecule has 0 saturated carbocycles. The molecule has 0 aliphatic heterocycles. The summed E-state index contributed by atoms with van der Waals surface area (Å²) >= 11 is 0. The Balaban J connectivity index is 1.80. The zero-order valence-electron chi connectivity index (χ0n) is 9.88. The molecule has 0 amide bonds. The first-order valence-corrected chi connectivity index (χ1v) is 5.61. The average molecular weight is 251 g/mol. The minimum atomic E-state index is 0.149. The Morgan fingerprint density at radius 3 is 2.74 bits per heavy atom. The number of benzene rings is 1. The van der Waals surface area contributed by atoms with Crippen LogP contribution in [0.4, 0.5) is 0 Å². The van der Waals surface area contributed by atoms with Gasteiger partial charge in [0.2, 0.25) is 0 Å². The molecule has 0 bridgehead atoms. The lowest BCUT2D eigenvalue weighted by Gasteiger charge is -1.98. The number of hydrogen-bond acceptors (Lipinski definition) is 5. The summed E-state index contributed by atoms with van der Waals surface area (Å²) in [7, 11) is 0. The van der Waals surface area contributed by atoms with Crippen LogP contribution < -0.4 is 0 Å². The van der Waals surface area contributed by atoms with Gasteiger partial charge in [0.1, 0.15) is 18.1 Å². The second-order valence-electron chi connectivity index (χ2n) is 3.84. The maximum Gasteiger partial charge on any atom is 0.252 e. The zero-order valence-corrected chi connectivity index (χ0v) is 9.88. The summed E-state index contributed by atoms with van der Waals surface area (Å²) in [5.41, 5.74) is 1.64. The standard InChI is InChI=1S/C12H9N7/c13-6-12-14-9-18(17-12)8-10-7-15-19(16-10)11-4-2-1-3-5-11/h1-5,7,9H,8H2. The Kier molecular flexibility index (Phi) is 2.74. The number of aromatic nitrogens is 6. The van der Waals surface area contributed by atoms with E-state index in [0.29, 0.717) is 6.54 Å². The van der Waals surface area contributed by atoms with Gasteiger partial charge in [0.25, 0.3) is 5.82 Å². The first kappa shape index (κ1) is 11.1. The van der Waals surface area contributed by atoms with Crippen LogP contribution in [-0.2, 0) is 6.54 Å². The molecule has 0 fully saturated rings. The van der Waals surface area contributed by atoms with Gasteiger partial charge < -0.3 is 0 Å². The molecule has 0 spiro atoms. The van der Waals surface area contributed by atoms with Crippen molar-refractivity contribution >= 4 is 0 Å². The van der Waals surface area contributed by atoms with E-state index in [0.717, 1.165) is 11.4 Å². The molecule has 92 valence electrons. The van der Waals surface area contributed by atoms with Gasteiger partial charge in [0.15, 0.2) is 0 Å². The van der Waals surface area contributed by atoms with Crippen molar-refractivity contribution in [1.82, 2.24) is 29.8 Å². The van der Waals surface area contributed by atoms with Gasteiger partial charge in [0, 0.05) is 0 Å². The van der Waals surface area contributed by atoms with Gasteiger partial charge >= 0.3 is 0 Å². The van der Waals surface area contributed by atoms with Crippen molar-refractivity contribution in [2.75, 3.05) is 0 Å². The van der Waals surface area contributed by atoms with Crippen molar-refractivity contribution in [3.05, 3.63) is 54.4 Å². The van der Waals surface area contributed by atoms with Gasteiger partial charge in [-0.15, -0.1) is 5.10 Å². The van der Waals surface area contributed by atoms with Crippen LogP contribution in [-0.4, -0.2) is 29.8 Å². The predicted octanol–water partition coefficient (Wildman–Crippen LogP) is 0.779. The van der Waals surface area contributed by atoms with E-state index in [2.05, 4.69) is 20.3 Å². The summed E-state index contributed by atoms with van der Waals surface area (Å²) in [6.07, 6.45) is 3.17. The van der Waals surface area contributed by atoms with Crippen molar-refractivity contribution in [3.63, 3.8) is 0 Å². The molecule has 0 saturated heterocycles. The van der Waals surface area contributed by atoms with Crippen LogP contribution in [0, 0.1) is 11.3 Å². The van der Waals surface area contributed by atoms with E-state index in [1.165, 1.54) is 6.33 Å².